The maximum Gasteiger partial charge on any atom is 0.332 e. The van der Waals surface area contributed by atoms with E-state index in [1.54, 1.807) is 7.05 Å². The number of urea groups is 1. The van der Waals surface area contributed by atoms with Crippen LogP contribution in [0.15, 0.2) is 0 Å². The van der Waals surface area contributed by atoms with E-state index in [0.29, 0.717) is 19.6 Å². The first-order valence-corrected chi connectivity index (χ1v) is 6.01. The van der Waals surface area contributed by atoms with Gasteiger partial charge in [-0.15, -0.1) is 0 Å². The van der Waals surface area contributed by atoms with E-state index >= 15 is 0 Å². The minimum Gasteiger partial charge on any atom is -0.479 e. The number of nitrogens with zero attached hydrogens (tertiary/aromatic N) is 1. The lowest BCUT2D eigenvalue weighted by molar-refractivity contribution is -0.144. The fourth-order valence-corrected chi connectivity index (χ4v) is 1.78. The Balaban J connectivity index is 2.49. The molecule has 0 radical (unpaired) electrons. The minimum atomic E-state index is -1.27. The molecule has 1 atom stereocenters. The van der Waals surface area contributed by atoms with E-state index in [1.807, 2.05) is 7.05 Å². The van der Waals surface area contributed by atoms with Gasteiger partial charge in [0.2, 0.25) is 0 Å². The molecule has 0 aromatic rings. The van der Waals surface area contributed by atoms with Gasteiger partial charge in [0.05, 0.1) is 6.61 Å². The largest absolute Gasteiger partial charge is 0.479 e. The van der Waals surface area contributed by atoms with Crippen molar-refractivity contribution in [3.8, 4) is 0 Å². The molecular weight excluding hydrogens is 238 g/mol. The molecule has 0 aromatic carbocycles. The van der Waals surface area contributed by atoms with Crippen molar-refractivity contribution < 1.29 is 19.4 Å². The molecule has 2 amide bonds. The number of nitrogens with one attached hydrogen (secondary N) is 2. The lowest BCUT2D eigenvalue weighted by Gasteiger charge is -2.27. The van der Waals surface area contributed by atoms with Crippen LogP contribution in [0.1, 0.15) is 12.8 Å². The first-order chi connectivity index (χ1) is 8.52. The molecule has 0 aromatic heterocycles. The summed E-state index contributed by atoms with van der Waals surface area (Å²) in [5, 5.41) is 14.7. The third kappa shape index (κ3) is 3.58. The summed E-state index contributed by atoms with van der Waals surface area (Å²) in [5.74, 6) is -1.04. The minimum absolute atomic E-state index is 0.0262. The topological polar surface area (TPSA) is 90.9 Å². The Morgan fingerprint density at radius 2 is 2.22 bits per heavy atom. The van der Waals surface area contributed by atoms with Crippen LogP contribution in [0.25, 0.3) is 0 Å². The van der Waals surface area contributed by atoms with Gasteiger partial charge >= 0.3 is 12.0 Å². The highest BCUT2D eigenvalue weighted by molar-refractivity contribution is 5.86. The lowest BCUT2D eigenvalue weighted by Crippen LogP contribution is -2.58. The lowest BCUT2D eigenvalue weighted by atomic mass is 9.99. The van der Waals surface area contributed by atoms with E-state index in [2.05, 4.69) is 10.6 Å². The molecule has 7 heteroatoms. The van der Waals surface area contributed by atoms with E-state index in [-0.39, 0.29) is 12.6 Å². The molecule has 1 aliphatic heterocycles. The van der Waals surface area contributed by atoms with Crippen LogP contribution < -0.4 is 10.6 Å². The number of carbonyl (C=O) groups excluding carboxylic acids is 1. The number of carbonyl (C=O) groups is 2. The monoisotopic (exact) mass is 259 g/mol. The fraction of sp³-hybridized carbons (Fsp3) is 0.818. The van der Waals surface area contributed by atoms with Gasteiger partial charge < -0.3 is 25.4 Å². The number of aliphatic carboxylic acids is 1. The van der Waals surface area contributed by atoms with E-state index in [9.17, 15) is 14.7 Å². The number of ether oxygens (including phenoxy) is 1. The summed E-state index contributed by atoms with van der Waals surface area (Å²) in [6.07, 6.45) is 1.12. The van der Waals surface area contributed by atoms with Gasteiger partial charge in [-0.3, -0.25) is 0 Å². The molecule has 0 saturated carbocycles. The average molecular weight is 259 g/mol. The van der Waals surface area contributed by atoms with Crippen LogP contribution in [0.5, 0.6) is 0 Å². The van der Waals surface area contributed by atoms with E-state index in [0.717, 1.165) is 13.0 Å². The molecule has 104 valence electrons. The zero-order valence-corrected chi connectivity index (χ0v) is 10.9. The standard InChI is InChI=1S/C11H21N3O4/c1-12-5-3-6-14(2)10(17)13-11(9(15)16)4-7-18-8-11/h12H,3-8H2,1-2H3,(H,13,17)(H,15,16). The van der Waals surface area contributed by atoms with Gasteiger partial charge in [-0.2, -0.15) is 0 Å². The summed E-state index contributed by atoms with van der Waals surface area (Å²) >= 11 is 0. The molecule has 0 aliphatic carbocycles. The van der Waals surface area contributed by atoms with E-state index in [4.69, 9.17) is 4.74 Å². The SMILES string of the molecule is CNCCCN(C)C(=O)NC1(C(=O)O)CCOC1. The third-order valence-electron chi connectivity index (χ3n) is 3.04. The van der Waals surface area contributed by atoms with Crippen LogP contribution in [0.3, 0.4) is 0 Å². The first kappa shape index (κ1) is 14.7. The van der Waals surface area contributed by atoms with Crippen molar-refractivity contribution in [1.82, 2.24) is 15.5 Å². The smallest absolute Gasteiger partial charge is 0.332 e. The predicted molar refractivity (Wildman–Crippen MR) is 65.5 cm³/mol. The van der Waals surface area contributed by atoms with Crippen molar-refractivity contribution in [2.75, 3.05) is 40.4 Å². The van der Waals surface area contributed by atoms with Crippen LogP contribution in [0.4, 0.5) is 4.79 Å². The molecule has 3 N–H and O–H groups in total. The fourth-order valence-electron chi connectivity index (χ4n) is 1.78. The second kappa shape index (κ2) is 6.55. The number of carboxylic acids is 1. The van der Waals surface area contributed by atoms with Gasteiger partial charge in [-0.05, 0) is 20.0 Å². The quantitative estimate of drug-likeness (QED) is 0.558. The Morgan fingerprint density at radius 3 is 2.72 bits per heavy atom. The Morgan fingerprint density at radius 1 is 1.50 bits per heavy atom. The molecule has 1 rings (SSSR count). The summed E-state index contributed by atoms with van der Waals surface area (Å²) in [5.41, 5.74) is -1.27. The summed E-state index contributed by atoms with van der Waals surface area (Å²) in [6, 6.07) is -0.376. The van der Waals surface area contributed by atoms with Crippen molar-refractivity contribution >= 4 is 12.0 Å². The Labute approximate surface area is 106 Å². The normalized spacial score (nSPS) is 22.8. The second-order valence-electron chi connectivity index (χ2n) is 4.50. The van der Waals surface area contributed by atoms with Crippen LogP contribution >= 0.6 is 0 Å². The van der Waals surface area contributed by atoms with Gasteiger partial charge in [0.25, 0.3) is 0 Å². The molecule has 18 heavy (non-hydrogen) atoms. The molecule has 1 unspecified atom stereocenters. The molecular formula is C11H21N3O4. The number of hydrogen-bond acceptors (Lipinski definition) is 4. The Bertz CT molecular complexity index is 303. The van der Waals surface area contributed by atoms with Gasteiger partial charge in [0.1, 0.15) is 0 Å². The van der Waals surface area contributed by atoms with Crippen molar-refractivity contribution in [3.63, 3.8) is 0 Å². The predicted octanol–water partition coefficient (Wildman–Crippen LogP) is -0.519. The van der Waals surface area contributed by atoms with Gasteiger partial charge in [0, 0.05) is 26.6 Å². The second-order valence-corrected chi connectivity index (χ2v) is 4.50. The third-order valence-corrected chi connectivity index (χ3v) is 3.04. The highest BCUT2D eigenvalue weighted by atomic mass is 16.5. The van der Waals surface area contributed by atoms with Gasteiger partial charge in [-0.1, -0.05) is 0 Å². The highest BCUT2D eigenvalue weighted by Gasteiger charge is 2.44. The summed E-state index contributed by atoms with van der Waals surface area (Å²) in [6.45, 7) is 1.77. The van der Waals surface area contributed by atoms with Gasteiger partial charge in [-0.25, -0.2) is 9.59 Å². The van der Waals surface area contributed by atoms with Crippen LogP contribution in [-0.2, 0) is 9.53 Å². The molecule has 1 saturated heterocycles. The van der Waals surface area contributed by atoms with Crippen LogP contribution in [0, 0.1) is 0 Å². The number of rotatable bonds is 6. The van der Waals surface area contributed by atoms with Crippen LogP contribution in [0.2, 0.25) is 0 Å². The van der Waals surface area contributed by atoms with Crippen LogP contribution in [-0.4, -0.2) is 67.9 Å². The Kier molecular flexibility index (Phi) is 5.36. The van der Waals surface area contributed by atoms with Crippen molar-refractivity contribution in [3.05, 3.63) is 0 Å². The average Bonchev–Trinajstić information content (AvgIpc) is 2.79. The molecule has 7 nitrogen and oxygen atoms in total. The van der Waals surface area contributed by atoms with Gasteiger partial charge in [0.15, 0.2) is 5.54 Å². The highest BCUT2D eigenvalue weighted by Crippen LogP contribution is 2.19. The summed E-state index contributed by atoms with van der Waals surface area (Å²) in [4.78, 5) is 24.6. The van der Waals surface area contributed by atoms with E-state index < -0.39 is 11.5 Å². The molecule has 1 heterocycles. The molecule has 1 fully saturated rings. The van der Waals surface area contributed by atoms with E-state index in [1.165, 1.54) is 4.90 Å². The van der Waals surface area contributed by atoms with Crippen molar-refractivity contribution in [2.45, 2.75) is 18.4 Å². The molecule has 0 spiro atoms. The zero-order chi connectivity index (χ0) is 13.6. The van der Waals surface area contributed by atoms with Crippen molar-refractivity contribution in [2.24, 2.45) is 0 Å². The summed E-state index contributed by atoms with van der Waals surface area (Å²) < 4.78 is 5.08. The number of carboxylic acid groups (broad SMARTS) is 1. The molecule has 0 bridgehead atoms. The number of hydrogen-bond donors (Lipinski definition) is 3. The zero-order valence-electron chi connectivity index (χ0n) is 10.9. The molecule has 1 aliphatic rings. The van der Waals surface area contributed by atoms with Crippen molar-refractivity contribution in [1.29, 1.82) is 0 Å². The Hall–Kier alpha value is -1.34. The first-order valence-electron chi connectivity index (χ1n) is 6.01. The maximum absolute atomic E-state index is 11.9. The summed E-state index contributed by atoms with van der Waals surface area (Å²) in [7, 11) is 3.49. The maximum atomic E-state index is 11.9. The number of amides is 2.